The van der Waals surface area contributed by atoms with E-state index in [0.717, 1.165) is 23.1 Å². The molecular weight excluding hydrogens is 324 g/mol. The molecule has 1 aliphatic carbocycles. The number of hydrogen-bond donors (Lipinski definition) is 0. The summed E-state index contributed by atoms with van der Waals surface area (Å²) in [5, 5.41) is 17.2. The van der Waals surface area contributed by atoms with E-state index in [1.165, 1.54) is 22.1 Å². The summed E-state index contributed by atoms with van der Waals surface area (Å²) >= 11 is 1.42. The van der Waals surface area contributed by atoms with Crippen molar-refractivity contribution in [2.24, 2.45) is 0 Å². The van der Waals surface area contributed by atoms with Crippen LogP contribution in [-0.4, -0.2) is 19.3 Å². The second kappa shape index (κ2) is 4.67. The lowest BCUT2D eigenvalue weighted by molar-refractivity contribution is -0.279. The zero-order chi connectivity index (χ0) is 16.4. The average molecular weight is 337 g/mol. The Hall–Kier alpha value is -2.67. The normalized spacial score (nSPS) is 14.7. The Morgan fingerprint density at radius 3 is 2.83 bits per heavy atom. The summed E-state index contributed by atoms with van der Waals surface area (Å²) in [6, 6.07) is 9.42. The summed E-state index contributed by atoms with van der Waals surface area (Å²) in [5.74, 6) is -0.0866. The molecule has 0 amide bonds. The van der Waals surface area contributed by atoms with Crippen molar-refractivity contribution in [1.82, 2.24) is 19.3 Å². The fourth-order valence-corrected chi connectivity index (χ4v) is 4.11. The SMILES string of the molecule is Cc1c2c(=O)n(-c3nc4ccccc4s3)nc-2cc([O-])n1C1CC1. The maximum Gasteiger partial charge on any atom is 0.284 e. The maximum absolute atomic E-state index is 12.9. The zero-order valence-corrected chi connectivity index (χ0v) is 13.7. The third-order valence-electron chi connectivity index (χ3n) is 4.47. The first-order valence-corrected chi connectivity index (χ1v) is 8.63. The van der Waals surface area contributed by atoms with Crippen molar-refractivity contribution in [3.8, 4) is 22.3 Å². The molecule has 120 valence electrons. The van der Waals surface area contributed by atoms with Crippen LogP contribution in [0.2, 0.25) is 0 Å². The first kappa shape index (κ1) is 13.7. The molecule has 0 saturated heterocycles. The number of pyridine rings is 1. The van der Waals surface area contributed by atoms with Gasteiger partial charge in [0.15, 0.2) is 0 Å². The van der Waals surface area contributed by atoms with Crippen LogP contribution < -0.4 is 10.7 Å². The lowest BCUT2D eigenvalue weighted by Gasteiger charge is -2.21. The highest BCUT2D eigenvalue weighted by Crippen LogP contribution is 2.40. The van der Waals surface area contributed by atoms with E-state index in [1.54, 1.807) is 4.57 Å². The molecule has 0 bridgehead atoms. The van der Waals surface area contributed by atoms with Gasteiger partial charge in [0.05, 0.1) is 21.5 Å². The molecule has 0 radical (unpaired) electrons. The minimum atomic E-state index is -0.212. The summed E-state index contributed by atoms with van der Waals surface area (Å²) in [4.78, 5) is 17.4. The molecule has 0 unspecified atom stereocenters. The predicted octanol–water partition coefficient (Wildman–Crippen LogP) is 2.47. The van der Waals surface area contributed by atoms with E-state index < -0.39 is 0 Å². The second-order valence-corrected chi connectivity index (χ2v) is 7.12. The van der Waals surface area contributed by atoms with Gasteiger partial charge in [0.1, 0.15) is 0 Å². The van der Waals surface area contributed by atoms with E-state index in [4.69, 9.17) is 0 Å². The van der Waals surface area contributed by atoms with Crippen LogP contribution in [0, 0.1) is 6.92 Å². The molecular formula is C17H13N4O2S-. The molecule has 3 aliphatic rings. The smallest absolute Gasteiger partial charge is 0.284 e. The van der Waals surface area contributed by atoms with Crippen molar-refractivity contribution in [2.45, 2.75) is 25.8 Å². The van der Waals surface area contributed by atoms with Gasteiger partial charge in [-0.2, -0.15) is 9.78 Å². The number of rotatable bonds is 2. The molecule has 6 nitrogen and oxygen atoms in total. The number of fused-ring (bicyclic) bond motifs is 2. The highest BCUT2D eigenvalue weighted by atomic mass is 32.1. The van der Waals surface area contributed by atoms with E-state index in [-0.39, 0.29) is 17.5 Å². The van der Waals surface area contributed by atoms with Gasteiger partial charge in [-0.05, 0) is 43.8 Å². The van der Waals surface area contributed by atoms with Crippen molar-refractivity contribution in [2.75, 3.05) is 0 Å². The van der Waals surface area contributed by atoms with E-state index in [2.05, 4.69) is 10.1 Å². The Morgan fingerprint density at radius 2 is 2.08 bits per heavy atom. The highest BCUT2D eigenvalue weighted by Gasteiger charge is 2.29. The number of benzene rings is 1. The molecule has 2 aromatic rings. The largest absolute Gasteiger partial charge is 0.860 e. The van der Waals surface area contributed by atoms with Gasteiger partial charge in [-0.3, -0.25) is 4.79 Å². The monoisotopic (exact) mass is 337 g/mol. The summed E-state index contributed by atoms with van der Waals surface area (Å²) in [5.41, 5.74) is 2.29. The fraction of sp³-hybridized carbons (Fsp3) is 0.235. The molecule has 7 heteroatoms. The number of aromatic nitrogens is 4. The van der Waals surface area contributed by atoms with Crippen LogP contribution in [0.25, 0.3) is 26.6 Å². The quantitative estimate of drug-likeness (QED) is 0.563. The minimum Gasteiger partial charge on any atom is -0.860 e. The van der Waals surface area contributed by atoms with Gasteiger partial charge in [-0.25, -0.2) is 4.98 Å². The molecule has 2 aliphatic heterocycles. The predicted molar refractivity (Wildman–Crippen MR) is 90.1 cm³/mol. The lowest BCUT2D eigenvalue weighted by Crippen LogP contribution is -2.17. The molecule has 5 rings (SSSR count). The van der Waals surface area contributed by atoms with Crippen LogP contribution >= 0.6 is 11.3 Å². The van der Waals surface area contributed by atoms with Crippen LogP contribution in [-0.2, 0) is 0 Å². The summed E-state index contributed by atoms with van der Waals surface area (Å²) in [7, 11) is 0. The van der Waals surface area contributed by atoms with Crippen molar-refractivity contribution in [3.05, 3.63) is 46.4 Å². The molecule has 1 saturated carbocycles. The van der Waals surface area contributed by atoms with Gasteiger partial charge in [0, 0.05) is 11.7 Å². The average Bonchev–Trinajstić information content (AvgIpc) is 3.19. The minimum absolute atomic E-state index is 0.0866. The van der Waals surface area contributed by atoms with Crippen LogP contribution in [0.1, 0.15) is 24.6 Å². The Bertz CT molecular complexity index is 1090. The molecule has 0 spiro atoms. The number of nitrogens with zero attached hydrogens (tertiary/aromatic N) is 4. The van der Waals surface area contributed by atoms with Crippen LogP contribution in [0.5, 0.6) is 5.88 Å². The molecule has 24 heavy (non-hydrogen) atoms. The van der Waals surface area contributed by atoms with Crippen LogP contribution in [0.15, 0.2) is 35.1 Å². The van der Waals surface area contributed by atoms with E-state index in [0.29, 0.717) is 22.1 Å². The summed E-state index contributed by atoms with van der Waals surface area (Å²) < 4.78 is 4.05. The molecule has 1 aromatic heterocycles. The first-order valence-electron chi connectivity index (χ1n) is 7.81. The molecule has 0 atom stereocenters. The Balaban J connectivity index is 1.78. The fourth-order valence-electron chi connectivity index (χ4n) is 3.20. The van der Waals surface area contributed by atoms with E-state index in [1.807, 2.05) is 31.2 Å². The van der Waals surface area contributed by atoms with Gasteiger partial charge in [-0.1, -0.05) is 23.5 Å². The van der Waals surface area contributed by atoms with Crippen molar-refractivity contribution < 1.29 is 5.11 Å². The Kier molecular flexibility index (Phi) is 2.67. The second-order valence-electron chi connectivity index (χ2n) is 6.11. The number of thiazole rings is 1. The van der Waals surface area contributed by atoms with Crippen LogP contribution in [0.3, 0.4) is 0 Å². The number of hydrogen-bond acceptors (Lipinski definition) is 5. The van der Waals surface area contributed by atoms with Gasteiger partial charge >= 0.3 is 0 Å². The molecule has 1 aromatic carbocycles. The van der Waals surface area contributed by atoms with Crippen molar-refractivity contribution >= 4 is 21.6 Å². The van der Waals surface area contributed by atoms with Gasteiger partial charge in [0.25, 0.3) is 5.56 Å². The Morgan fingerprint density at radius 1 is 1.29 bits per heavy atom. The topological polar surface area (TPSA) is 75.8 Å². The van der Waals surface area contributed by atoms with Crippen molar-refractivity contribution in [3.63, 3.8) is 0 Å². The van der Waals surface area contributed by atoms with Gasteiger partial charge < -0.3 is 9.67 Å². The van der Waals surface area contributed by atoms with E-state index >= 15 is 0 Å². The summed E-state index contributed by atoms with van der Waals surface area (Å²) in [6.07, 6.45) is 1.99. The molecule has 0 N–H and O–H groups in total. The lowest BCUT2D eigenvalue weighted by atomic mass is 10.1. The maximum atomic E-state index is 12.9. The molecule has 3 heterocycles. The van der Waals surface area contributed by atoms with Gasteiger partial charge in [-0.15, -0.1) is 0 Å². The van der Waals surface area contributed by atoms with Crippen molar-refractivity contribution in [1.29, 1.82) is 0 Å². The highest BCUT2D eigenvalue weighted by molar-refractivity contribution is 7.20. The third kappa shape index (κ3) is 1.85. The molecule has 1 fully saturated rings. The van der Waals surface area contributed by atoms with Crippen LogP contribution in [0.4, 0.5) is 0 Å². The zero-order valence-electron chi connectivity index (χ0n) is 12.9. The number of para-hydroxylation sites is 1. The first-order chi connectivity index (χ1) is 11.6. The van der Waals surface area contributed by atoms with Gasteiger partial charge in [0.2, 0.25) is 5.13 Å². The third-order valence-corrected chi connectivity index (χ3v) is 5.48. The van der Waals surface area contributed by atoms with E-state index in [9.17, 15) is 9.90 Å². The summed E-state index contributed by atoms with van der Waals surface area (Å²) in [6.45, 7) is 1.83. The Labute approximate surface area is 141 Å². The standard InChI is InChI=1S/C17H14N4O2S/c1-9-15-12(8-14(22)20(9)10-6-7-10)19-21(16(15)23)17-18-11-4-2-3-5-13(11)24-17/h2-5,8,10,22H,6-7H2,1H3/p-1.